The standard InChI is InChI=1S/C17H13Cl2F3N2O/c1-9-4-11(7-12(18)5-9)16(17(20,21)22)8-15(24-25-16)10-2-3-13(19)14(23)6-10/h2-7H,8,23H2,1H3. The number of aryl methyl sites for hydroxylation is 1. The van der Waals surface area contributed by atoms with Gasteiger partial charge in [0.15, 0.2) is 0 Å². The smallest absolute Gasteiger partial charge is 0.398 e. The fraction of sp³-hybridized carbons (Fsp3) is 0.235. The van der Waals surface area contributed by atoms with Crippen LogP contribution in [0.3, 0.4) is 0 Å². The minimum Gasteiger partial charge on any atom is -0.398 e. The molecule has 1 atom stereocenters. The summed E-state index contributed by atoms with van der Waals surface area (Å²) in [6, 6.07) is 8.75. The van der Waals surface area contributed by atoms with E-state index < -0.39 is 18.2 Å². The van der Waals surface area contributed by atoms with E-state index in [2.05, 4.69) is 5.16 Å². The van der Waals surface area contributed by atoms with E-state index in [0.717, 1.165) is 0 Å². The van der Waals surface area contributed by atoms with Crippen LogP contribution in [0.4, 0.5) is 18.9 Å². The highest BCUT2D eigenvalue weighted by molar-refractivity contribution is 6.33. The van der Waals surface area contributed by atoms with Gasteiger partial charge in [-0.25, -0.2) is 0 Å². The Hall–Kier alpha value is -1.92. The molecule has 0 bridgehead atoms. The summed E-state index contributed by atoms with van der Waals surface area (Å²) < 4.78 is 41.7. The van der Waals surface area contributed by atoms with Gasteiger partial charge in [-0.2, -0.15) is 13.2 Å². The molecule has 1 aliphatic heterocycles. The number of hydrogen-bond acceptors (Lipinski definition) is 3. The fourth-order valence-corrected chi connectivity index (χ4v) is 3.16. The molecule has 1 unspecified atom stereocenters. The first-order valence-corrected chi connectivity index (χ1v) is 8.03. The number of anilines is 1. The Morgan fingerprint density at radius 3 is 2.48 bits per heavy atom. The number of nitrogens with zero attached hydrogens (tertiary/aromatic N) is 1. The molecule has 3 rings (SSSR count). The predicted molar refractivity (Wildman–Crippen MR) is 92.0 cm³/mol. The van der Waals surface area contributed by atoms with Crippen LogP contribution in [0.1, 0.15) is 23.1 Å². The van der Waals surface area contributed by atoms with Crippen molar-refractivity contribution in [1.29, 1.82) is 0 Å². The fourth-order valence-electron chi connectivity index (χ4n) is 2.75. The molecule has 0 saturated heterocycles. The van der Waals surface area contributed by atoms with Crippen LogP contribution in [-0.4, -0.2) is 11.9 Å². The van der Waals surface area contributed by atoms with E-state index in [4.69, 9.17) is 33.8 Å². The Kier molecular flexibility index (Phi) is 4.37. The van der Waals surface area contributed by atoms with Crippen LogP contribution in [0, 0.1) is 6.92 Å². The summed E-state index contributed by atoms with van der Waals surface area (Å²) in [4.78, 5) is 4.97. The molecular formula is C17H13Cl2F3N2O. The van der Waals surface area contributed by atoms with Gasteiger partial charge in [-0.1, -0.05) is 40.5 Å². The van der Waals surface area contributed by atoms with E-state index in [1.54, 1.807) is 19.1 Å². The maximum atomic E-state index is 13.9. The lowest BCUT2D eigenvalue weighted by Gasteiger charge is -2.29. The van der Waals surface area contributed by atoms with Gasteiger partial charge in [-0.3, -0.25) is 0 Å². The summed E-state index contributed by atoms with van der Waals surface area (Å²) in [5.41, 5.74) is 4.45. The highest BCUT2D eigenvalue weighted by atomic mass is 35.5. The van der Waals surface area contributed by atoms with E-state index in [0.29, 0.717) is 16.1 Å². The van der Waals surface area contributed by atoms with Crippen LogP contribution in [0.2, 0.25) is 10.0 Å². The van der Waals surface area contributed by atoms with Crippen LogP contribution >= 0.6 is 23.2 Å². The van der Waals surface area contributed by atoms with Gasteiger partial charge in [-0.15, -0.1) is 0 Å². The molecule has 0 aromatic heterocycles. The number of rotatable bonds is 2. The van der Waals surface area contributed by atoms with Gasteiger partial charge in [-0.05, 0) is 36.8 Å². The lowest BCUT2D eigenvalue weighted by atomic mass is 9.86. The monoisotopic (exact) mass is 388 g/mol. The van der Waals surface area contributed by atoms with Crippen molar-refractivity contribution < 1.29 is 18.0 Å². The average molecular weight is 389 g/mol. The third-order valence-electron chi connectivity index (χ3n) is 4.02. The molecule has 0 spiro atoms. The summed E-state index contributed by atoms with van der Waals surface area (Å²) >= 11 is 11.8. The number of hydrogen-bond donors (Lipinski definition) is 1. The molecule has 2 aromatic rings. The minimum absolute atomic E-state index is 0.0920. The maximum Gasteiger partial charge on any atom is 0.435 e. The van der Waals surface area contributed by atoms with Crippen molar-refractivity contribution in [3.05, 3.63) is 63.1 Å². The van der Waals surface area contributed by atoms with Gasteiger partial charge in [0.05, 0.1) is 16.4 Å². The summed E-state index contributed by atoms with van der Waals surface area (Å²) in [6.07, 6.45) is -5.18. The highest BCUT2D eigenvalue weighted by Crippen LogP contribution is 2.49. The molecule has 2 aromatic carbocycles. The highest BCUT2D eigenvalue weighted by Gasteiger charge is 2.62. The molecule has 1 heterocycles. The average Bonchev–Trinajstić information content (AvgIpc) is 2.95. The second kappa shape index (κ2) is 6.11. The Morgan fingerprint density at radius 2 is 1.88 bits per heavy atom. The summed E-state index contributed by atoms with van der Waals surface area (Å²) in [7, 11) is 0. The third kappa shape index (κ3) is 3.16. The zero-order valence-electron chi connectivity index (χ0n) is 13.0. The van der Waals surface area contributed by atoms with Crippen molar-refractivity contribution in [2.45, 2.75) is 25.1 Å². The van der Waals surface area contributed by atoms with E-state index in [9.17, 15) is 13.2 Å². The Bertz CT molecular complexity index is 847. The largest absolute Gasteiger partial charge is 0.435 e. The Labute approximate surface area is 152 Å². The number of alkyl halides is 3. The zero-order valence-corrected chi connectivity index (χ0v) is 14.5. The zero-order chi connectivity index (χ0) is 18.4. The van der Waals surface area contributed by atoms with E-state index in [1.165, 1.54) is 24.3 Å². The molecule has 1 aliphatic rings. The maximum absolute atomic E-state index is 13.9. The number of halogens is 5. The van der Waals surface area contributed by atoms with Gasteiger partial charge < -0.3 is 10.6 Å². The summed E-state index contributed by atoms with van der Waals surface area (Å²) in [5, 5.41) is 4.20. The molecular weight excluding hydrogens is 376 g/mol. The van der Waals surface area contributed by atoms with Gasteiger partial charge in [0.1, 0.15) is 0 Å². The topological polar surface area (TPSA) is 47.6 Å². The van der Waals surface area contributed by atoms with Crippen molar-refractivity contribution in [2.24, 2.45) is 5.16 Å². The first-order chi connectivity index (χ1) is 11.6. The number of nitrogen functional groups attached to an aromatic ring is 1. The van der Waals surface area contributed by atoms with Crippen LogP contribution < -0.4 is 5.73 Å². The number of benzene rings is 2. The van der Waals surface area contributed by atoms with Gasteiger partial charge in [0.25, 0.3) is 5.60 Å². The molecule has 0 fully saturated rings. The van der Waals surface area contributed by atoms with E-state index >= 15 is 0 Å². The molecule has 25 heavy (non-hydrogen) atoms. The molecule has 132 valence electrons. The SMILES string of the molecule is Cc1cc(Cl)cc(C2(C(F)(F)F)CC(c3ccc(Cl)c(N)c3)=NO2)c1. The van der Waals surface area contributed by atoms with Crippen molar-refractivity contribution in [3.63, 3.8) is 0 Å². The van der Waals surface area contributed by atoms with Crippen molar-refractivity contribution in [3.8, 4) is 0 Å². The summed E-state index contributed by atoms with van der Waals surface area (Å²) in [5.74, 6) is 0. The minimum atomic E-state index is -4.69. The van der Waals surface area contributed by atoms with Gasteiger partial charge in [0.2, 0.25) is 0 Å². The quantitative estimate of drug-likeness (QED) is 0.693. The van der Waals surface area contributed by atoms with Crippen molar-refractivity contribution in [2.75, 3.05) is 5.73 Å². The lowest BCUT2D eigenvalue weighted by Crippen LogP contribution is -2.42. The third-order valence-corrected chi connectivity index (χ3v) is 4.59. The molecule has 0 radical (unpaired) electrons. The lowest BCUT2D eigenvalue weighted by molar-refractivity contribution is -0.275. The first kappa shape index (κ1) is 17.9. The van der Waals surface area contributed by atoms with Crippen molar-refractivity contribution >= 4 is 34.6 Å². The molecule has 0 amide bonds. The van der Waals surface area contributed by atoms with Gasteiger partial charge in [0, 0.05) is 22.6 Å². The molecule has 3 nitrogen and oxygen atoms in total. The van der Waals surface area contributed by atoms with Gasteiger partial charge >= 0.3 is 6.18 Å². The van der Waals surface area contributed by atoms with Crippen LogP contribution in [0.5, 0.6) is 0 Å². The van der Waals surface area contributed by atoms with E-state index in [-0.39, 0.29) is 22.0 Å². The van der Waals surface area contributed by atoms with Crippen molar-refractivity contribution in [1.82, 2.24) is 0 Å². The first-order valence-electron chi connectivity index (χ1n) is 7.27. The predicted octanol–water partition coefficient (Wildman–Crippen LogP) is 5.47. The second-order valence-corrected chi connectivity index (χ2v) is 6.73. The molecule has 0 saturated carbocycles. The van der Waals surface area contributed by atoms with Crippen LogP contribution in [0.25, 0.3) is 0 Å². The Morgan fingerprint density at radius 1 is 1.16 bits per heavy atom. The Balaban J connectivity index is 2.04. The molecule has 8 heteroatoms. The molecule has 0 aliphatic carbocycles. The number of oxime groups is 1. The summed E-state index contributed by atoms with van der Waals surface area (Å²) in [6.45, 7) is 1.66. The van der Waals surface area contributed by atoms with E-state index in [1.807, 2.05) is 0 Å². The normalized spacial score (nSPS) is 20.3. The number of nitrogens with two attached hydrogens (primary N) is 1. The van der Waals surface area contributed by atoms with Crippen LogP contribution in [0.15, 0.2) is 41.6 Å². The molecule has 2 N–H and O–H groups in total. The second-order valence-electron chi connectivity index (χ2n) is 5.88. The van der Waals surface area contributed by atoms with Crippen LogP contribution in [-0.2, 0) is 10.4 Å².